The van der Waals surface area contributed by atoms with Crippen molar-refractivity contribution in [3.05, 3.63) is 35.9 Å². The van der Waals surface area contributed by atoms with E-state index in [-0.39, 0.29) is 51.8 Å². The minimum Gasteiger partial charge on any atom is -0.496 e. The number of nitrogens with one attached hydrogen (secondary N) is 1. The van der Waals surface area contributed by atoms with E-state index in [1.165, 1.54) is 25.1 Å². The van der Waals surface area contributed by atoms with E-state index in [1.807, 2.05) is 0 Å². The average molecular weight is 460 g/mol. The first-order valence-electron chi connectivity index (χ1n) is 13.8. The molecule has 0 aliphatic carbocycles. The molecule has 3 heterocycles. The van der Waals surface area contributed by atoms with Gasteiger partial charge in [-0.3, -0.25) is 9.59 Å². The lowest BCUT2D eigenvalue weighted by atomic mass is 9.87. The first-order valence-corrected chi connectivity index (χ1v) is 10.8. The van der Waals surface area contributed by atoms with Gasteiger partial charge in [0, 0.05) is 30.8 Å². The van der Waals surface area contributed by atoms with Crippen molar-refractivity contribution in [2.24, 2.45) is 11.7 Å². The van der Waals surface area contributed by atoms with Gasteiger partial charge in [-0.2, -0.15) is 5.10 Å². The zero-order chi connectivity index (χ0) is 28.7. The summed E-state index contributed by atoms with van der Waals surface area (Å²) < 4.78 is 57.2. The molecule has 1 unspecified atom stereocenters. The molecule has 1 fully saturated rings. The summed E-state index contributed by atoms with van der Waals surface area (Å²) in [5.41, 5.74) is 6.39. The number of methoxy groups -OCH3 is 2. The van der Waals surface area contributed by atoms with Gasteiger partial charge < -0.3 is 25.4 Å². The number of anilines is 1. The Morgan fingerprint density at radius 1 is 1.24 bits per heavy atom. The molecule has 1 atom stereocenters. The number of amides is 2. The molecule has 2 amide bonds. The standard InChI is InChI=1S/C24H31N5O4/c1-5-20(30)28-10-7-15(8-11-28)17-6-9-26-24-21(23(25)31)22(27-29(17)24)16-12-18(32-3)14(2)19(13-16)33-4/h5,12-13,15,17,26H,1,6-11H2,2-4H3,(H2,25,31)/i3D3,4D3. The summed E-state index contributed by atoms with van der Waals surface area (Å²) in [6.45, 7) is 6.75. The highest BCUT2D eigenvalue weighted by molar-refractivity contribution is 6.04. The van der Waals surface area contributed by atoms with Crippen molar-refractivity contribution in [3.63, 3.8) is 0 Å². The number of likely N-dealkylation sites (tertiary alicyclic amines) is 1. The fourth-order valence-electron chi connectivity index (χ4n) is 4.82. The maximum Gasteiger partial charge on any atom is 0.254 e. The molecule has 176 valence electrons. The Bertz CT molecular complexity index is 1240. The molecule has 9 nitrogen and oxygen atoms in total. The van der Waals surface area contributed by atoms with Crippen molar-refractivity contribution in [2.75, 3.05) is 39.0 Å². The van der Waals surface area contributed by atoms with Crippen LogP contribution < -0.4 is 20.5 Å². The van der Waals surface area contributed by atoms with Gasteiger partial charge in [-0.15, -0.1) is 0 Å². The summed E-state index contributed by atoms with van der Waals surface area (Å²) >= 11 is 0. The summed E-state index contributed by atoms with van der Waals surface area (Å²) in [5.74, 6) is -0.552. The van der Waals surface area contributed by atoms with Crippen molar-refractivity contribution < 1.29 is 27.3 Å². The Labute approximate surface area is 201 Å². The van der Waals surface area contributed by atoms with Crippen LogP contribution in [0.25, 0.3) is 11.3 Å². The van der Waals surface area contributed by atoms with Crippen LogP contribution in [0.1, 0.15) is 49.5 Å². The van der Waals surface area contributed by atoms with Crippen LogP contribution in [0.15, 0.2) is 24.8 Å². The fourth-order valence-corrected chi connectivity index (χ4v) is 4.82. The van der Waals surface area contributed by atoms with Crippen molar-refractivity contribution in [1.82, 2.24) is 14.7 Å². The molecule has 1 aromatic heterocycles. The summed E-state index contributed by atoms with van der Waals surface area (Å²) in [4.78, 5) is 26.5. The third-order valence-corrected chi connectivity index (χ3v) is 6.58. The molecular weight excluding hydrogens is 422 g/mol. The molecule has 2 aliphatic rings. The lowest BCUT2D eigenvalue weighted by Gasteiger charge is -2.38. The minimum absolute atomic E-state index is 0.0856. The number of ether oxygens (including phenoxy) is 2. The smallest absolute Gasteiger partial charge is 0.254 e. The molecule has 2 aromatic rings. The summed E-state index contributed by atoms with van der Waals surface area (Å²) in [5, 5.41) is 7.94. The number of hydrogen-bond acceptors (Lipinski definition) is 6. The minimum atomic E-state index is -2.82. The predicted molar refractivity (Wildman–Crippen MR) is 126 cm³/mol. The lowest BCUT2D eigenvalue weighted by molar-refractivity contribution is -0.127. The average Bonchev–Trinajstić information content (AvgIpc) is 3.24. The third-order valence-electron chi connectivity index (χ3n) is 6.58. The number of nitrogens with zero attached hydrogens (tertiary/aromatic N) is 3. The van der Waals surface area contributed by atoms with E-state index in [0.29, 0.717) is 25.5 Å². The Morgan fingerprint density at radius 2 is 1.91 bits per heavy atom. The van der Waals surface area contributed by atoms with E-state index in [4.69, 9.17) is 28.5 Å². The number of carbonyl (C=O) groups is 2. The first-order chi connectivity index (χ1) is 18.2. The van der Waals surface area contributed by atoms with E-state index in [1.54, 1.807) is 9.58 Å². The number of aromatic nitrogens is 2. The monoisotopic (exact) mass is 459 g/mol. The second-order valence-corrected chi connectivity index (χ2v) is 8.33. The highest BCUT2D eigenvalue weighted by Gasteiger charge is 2.36. The number of nitrogens with two attached hydrogens (primary N) is 1. The highest BCUT2D eigenvalue weighted by atomic mass is 16.5. The third kappa shape index (κ3) is 4.03. The first kappa shape index (κ1) is 16.2. The quantitative estimate of drug-likeness (QED) is 0.643. The zero-order valence-electron chi connectivity index (χ0n) is 24.4. The van der Waals surface area contributed by atoms with Crippen LogP contribution in [0.3, 0.4) is 0 Å². The van der Waals surface area contributed by atoms with Crippen LogP contribution in [-0.4, -0.2) is 60.2 Å². The maximum atomic E-state index is 12.7. The molecule has 0 saturated carbocycles. The molecule has 0 bridgehead atoms. The van der Waals surface area contributed by atoms with Crippen LogP contribution in [0.4, 0.5) is 5.82 Å². The Kier molecular flexibility index (Phi) is 4.49. The molecule has 0 radical (unpaired) electrons. The van der Waals surface area contributed by atoms with Crippen LogP contribution in [0, 0.1) is 12.8 Å². The van der Waals surface area contributed by atoms with Gasteiger partial charge in [0.25, 0.3) is 5.91 Å². The van der Waals surface area contributed by atoms with E-state index < -0.39 is 20.0 Å². The van der Waals surface area contributed by atoms with Crippen molar-refractivity contribution in [1.29, 1.82) is 0 Å². The molecule has 2 aliphatic heterocycles. The second kappa shape index (κ2) is 9.17. The topological polar surface area (TPSA) is 112 Å². The van der Waals surface area contributed by atoms with E-state index >= 15 is 0 Å². The van der Waals surface area contributed by atoms with Gasteiger partial charge >= 0.3 is 0 Å². The molecule has 0 spiro atoms. The normalized spacial score (nSPS) is 21.7. The van der Waals surface area contributed by atoms with Gasteiger partial charge in [0.2, 0.25) is 5.91 Å². The number of piperidine rings is 1. The molecule has 3 N–H and O–H groups in total. The SMILES string of the molecule is [2H]C([2H])([2H])Oc1cc(-c2nn3c(c2C(N)=O)NCCC3C2CCN(C(=O)C=C)CC2)cc(OC([2H])([2H])[2H])c1C. The Hall–Kier alpha value is -3.49. The molecular formula is C24H31N5O4. The van der Waals surface area contributed by atoms with Crippen LogP contribution in [0.2, 0.25) is 0 Å². The number of primary amides is 1. The highest BCUT2D eigenvalue weighted by Crippen LogP contribution is 2.42. The second-order valence-electron chi connectivity index (χ2n) is 8.33. The van der Waals surface area contributed by atoms with E-state index in [0.717, 1.165) is 19.3 Å². The number of benzene rings is 1. The van der Waals surface area contributed by atoms with Crippen molar-refractivity contribution in [3.8, 4) is 22.8 Å². The molecule has 33 heavy (non-hydrogen) atoms. The van der Waals surface area contributed by atoms with Gasteiger partial charge in [-0.05, 0) is 50.3 Å². The molecule has 4 rings (SSSR count). The van der Waals surface area contributed by atoms with Crippen molar-refractivity contribution in [2.45, 2.75) is 32.2 Å². The van der Waals surface area contributed by atoms with Crippen molar-refractivity contribution >= 4 is 17.6 Å². The van der Waals surface area contributed by atoms with Crippen LogP contribution in [-0.2, 0) is 4.79 Å². The van der Waals surface area contributed by atoms with Crippen LogP contribution >= 0.6 is 0 Å². The number of fused-ring (bicyclic) bond motifs is 1. The Morgan fingerprint density at radius 3 is 2.48 bits per heavy atom. The van der Waals surface area contributed by atoms with Gasteiger partial charge in [0.05, 0.1) is 28.3 Å². The summed E-state index contributed by atoms with van der Waals surface area (Å²) in [7, 11) is -5.65. The summed E-state index contributed by atoms with van der Waals surface area (Å²) in [6.07, 6.45) is 3.50. The fraction of sp³-hybridized carbons (Fsp3) is 0.458. The zero-order valence-corrected chi connectivity index (χ0v) is 18.4. The maximum absolute atomic E-state index is 12.7. The van der Waals surface area contributed by atoms with Gasteiger partial charge in [0.1, 0.15) is 28.6 Å². The number of rotatable bonds is 6. The van der Waals surface area contributed by atoms with Gasteiger partial charge in [-0.25, -0.2) is 4.68 Å². The number of carbonyl (C=O) groups excluding carboxylic acids is 2. The van der Waals surface area contributed by atoms with E-state index in [2.05, 4.69) is 11.9 Å². The molecule has 9 heteroatoms. The van der Waals surface area contributed by atoms with Gasteiger partial charge in [-0.1, -0.05) is 6.58 Å². The summed E-state index contributed by atoms with van der Waals surface area (Å²) in [6, 6.07) is 2.67. The predicted octanol–water partition coefficient (Wildman–Crippen LogP) is 2.76. The Balaban J connectivity index is 1.79. The molecule has 1 saturated heterocycles. The van der Waals surface area contributed by atoms with Crippen LogP contribution in [0.5, 0.6) is 11.5 Å². The number of hydrogen-bond donors (Lipinski definition) is 2. The largest absolute Gasteiger partial charge is 0.496 e. The van der Waals surface area contributed by atoms with Gasteiger partial charge in [0.15, 0.2) is 0 Å². The molecule has 1 aromatic carbocycles. The van der Waals surface area contributed by atoms with E-state index in [9.17, 15) is 9.59 Å². The lowest BCUT2D eigenvalue weighted by Crippen LogP contribution is -2.41.